The van der Waals surface area contributed by atoms with E-state index in [0.717, 1.165) is 24.8 Å². The highest BCUT2D eigenvalue weighted by Gasteiger charge is 2.21. The highest BCUT2D eigenvalue weighted by molar-refractivity contribution is 5.34. The lowest BCUT2D eigenvalue weighted by Crippen LogP contribution is -2.12. The van der Waals surface area contributed by atoms with E-state index in [0.29, 0.717) is 11.8 Å². The Morgan fingerprint density at radius 2 is 2.05 bits per heavy atom. The van der Waals surface area contributed by atoms with Gasteiger partial charge in [-0.1, -0.05) is 25.1 Å². The molecule has 0 heterocycles. The molecule has 0 aliphatic heterocycles. The van der Waals surface area contributed by atoms with E-state index < -0.39 is 0 Å². The highest BCUT2D eigenvalue weighted by Crippen LogP contribution is 2.36. The Morgan fingerprint density at radius 3 is 2.63 bits per heavy atom. The molecule has 0 spiro atoms. The minimum Gasteiger partial charge on any atom is -0.206 e. The van der Waals surface area contributed by atoms with E-state index in [9.17, 15) is 4.39 Å². The standard InChI is InChI=1S/C17H20FN/c1-2-3-4-13-5-7-14(8-6-13)15-9-10-16(12-19)17(18)11-15/h3-4,9-11,13-14H,2,5-8H2,1H3/t13-,14-. The summed E-state index contributed by atoms with van der Waals surface area (Å²) in [5, 5.41) is 8.74. The third kappa shape index (κ3) is 3.44. The number of benzene rings is 1. The lowest BCUT2D eigenvalue weighted by molar-refractivity contribution is 0.374. The Morgan fingerprint density at radius 1 is 1.32 bits per heavy atom. The maximum absolute atomic E-state index is 13.6. The molecule has 0 N–H and O–H groups in total. The van der Waals surface area contributed by atoms with Crippen LogP contribution in [0.4, 0.5) is 4.39 Å². The third-order valence-corrected chi connectivity index (χ3v) is 4.00. The quantitative estimate of drug-likeness (QED) is 0.704. The smallest absolute Gasteiger partial charge is 0.141 e. The maximum Gasteiger partial charge on any atom is 0.141 e. The zero-order chi connectivity index (χ0) is 13.7. The molecule has 2 heteroatoms. The van der Waals surface area contributed by atoms with E-state index in [4.69, 9.17) is 5.26 Å². The first-order chi connectivity index (χ1) is 9.24. The molecule has 0 aromatic heterocycles. The van der Waals surface area contributed by atoms with Crippen molar-refractivity contribution in [2.75, 3.05) is 0 Å². The van der Waals surface area contributed by atoms with Crippen molar-refractivity contribution in [3.63, 3.8) is 0 Å². The second kappa shape index (κ2) is 6.52. The molecule has 0 unspecified atom stereocenters. The molecule has 1 aliphatic rings. The molecule has 1 nitrogen and oxygen atoms in total. The van der Waals surface area contributed by atoms with Crippen molar-refractivity contribution in [2.45, 2.75) is 44.9 Å². The van der Waals surface area contributed by atoms with Gasteiger partial charge in [0.15, 0.2) is 0 Å². The molecule has 1 saturated carbocycles. The van der Waals surface area contributed by atoms with Gasteiger partial charge >= 0.3 is 0 Å². The van der Waals surface area contributed by atoms with Crippen LogP contribution in [0.1, 0.15) is 56.1 Å². The molecule has 2 rings (SSSR count). The molecular weight excluding hydrogens is 237 g/mol. The number of hydrogen-bond donors (Lipinski definition) is 0. The first-order valence-electron chi connectivity index (χ1n) is 7.10. The number of halogens is 1. The average Bonchev–Trinajstić information content (AvgIpc) is 2.45. The van der Waals surface area contributed by atoms with Crippen LogP contribution < -0.4 is 0 Å². The van der Waals surface area contributed by atoms with Crippen LogP contribution in [0.15, 0.2) is 30.4 Å². The summed E-state index contributed by atoms with van der Waals surface area (Å²) in [6.45, 7) is 2.15. The Hall–Kier alpha value is -1.62. The van der Waals surface area contributed by atoms with Crippen molar-refractivity contribution >= 4 is 0 Å². The normalized spacial score (nSPS) is 23.4. The van der Waals surface area contributed by atoms with Gasteiger partial charge in [0.2, 0.25) is 0 Å². The van der Waals surface area contributed by atoms with Gasteiger partial charge in [-0.2, -0.15) is 5.26 Å². The van der Waals surface area contributed by atoms with Crippen LogP contribution in [-0.4, -0.2) is 0 Å². The molecule has 0 radical (unpaired) electrons. The van der Waals surface area contributed by atoms with Crippen molar-refractivity contribution in [2.24, 2.45) is 5.92 Å². The topological polar surface area (TPSA) is 23.8 Å². The van der Waals surface area contributed by atoms with Gasteiger partial charge in [0.05, 0.1) is 5.56 Å². The molecule has 1 fully saturated rings. The lowest BCUT2D eigenvalue weighted by atomic mass is 9.78. The molecule has 0 bridgehead atoms. The van der Waals surface area contributed by atoms with Crippen LogP contribution in [0.3, 0.4) is 0 Å². The molecule has 19 heavy (non-hydrogen) atoms. The summed E-state index contributed by atoms with van der Waals surface area (Å²) in [6, 6.07) is 6.93. The Balaban J connectivity index is 2.00. The highest BCUT2D eigenvalue weighted by atomic mass is 19.1. The van der Waals surface area contributed by atoms with Crippen molar-refractivity contribution < 1.29 is 4.39 Å². The minimum atomic E-state index is -0.381. The number of nitrogens with zero attached hydrogens (tertiary/aromatic N) is 1. The van der Waals surface area contributed by atoms with E-state index in [1.54, 1.807) is 12.1 Å². The number of hydrogen-bond acceptors (Lipinski definition) is 1. The van der Waals surface area contributed by atoms with Gasteiger partial charge in [-0.05, 0) is 61.6 Å². The minimum absolute atomic E-state index is 0.142. The fourth-order valence-electron chi connectivity index (χ4n) is 2.85. The summed E-state index contributed by atoms with van der Waals surface area (Å²) in [7, 11) is 0. The van der Waals surface area contributed by atoms with E-state index in [1.165, 1.54) is 12.8 Å². The number of allylic oxidation sites excluding steroid dienone is 2. The Bertz CT molecular complexity index is 490. The van der Waals surface area contributed by atoms with Crippen molar-refractivity contribution in [1.82, 2.24) is 0 Å². The predicted octanol–water partition coefficient (Wildman–Crippen LogP) is 4.94. The second-order valence-corrected chi connectivity index (χ2v) is 5.30. The summed E-state index contributed by atoms with van der Waals surface area (Å²) in [5.41, 5.74) is 1.19. The van der Waals surface area contributed by atoms with Gasteiger partial charge in [-0.15, -0.1) is 0 Å². The molecule has 1 aromatic carbocycles. The summed E-state index contributed by atoms with van der Waals surface area (Å²) in [6.07, 6.45) is 10.3. The first kappa shape index (κ1) is 13.8. The van der Waals surface area contributed by atoms with Crippen LogP contribution in [0.5, 0.6) is 0 Å². The SMILES string of the molecule is CCC=C[C@H]1CC[C@H](c2ccc(C#N)c(F)c2)CC1. The molecule has 1 aliphatic carbocycles. The fourth-order valence-corrected chi connectivity index (χ4v) is 2.85. The van der Waals surface area contributed by atoms with Crippen LogP contribution in [-0.2, 0) is 0 Å². The van der Waals surface area contributed by atoms with Gasteiger partial charge in [0, 0.05) is 0 Å². The van der Waals surface area contributed by atoms with E-state index >= 15 is 0 Å². The summed E-state index contributed by atoms with van der Waals surface area (Å²) in [4.78, 5) is 0. The van der Waals surface area contributed by atoms with Gasteiger partial charge in [-0.3, -0.25) is 0 Å². The molecule has 100 valence electrons. The van der Waals surface area contributed by atoms with Gasteiger partial charge in [0.1, 0.15) is 11.9 Å². The van der Waals surface area contributed by atoms with Gasteiger partial charge in [-0.25, -0.2) is 4.39 Å². The Labute approximate surface area is 114 Å². The first-order valence-corrected chi connectivity index (χ1v) is 7.10. The molecule has 0 amide bonds. The maximum atomic E-state index is 13.6. The van der Waals surface area contributed by atoms with E-state index in [-0.39, 0.29) is 11.4 Å². The molecule has 0 atom stereocenters. The lowest BCUT2D eigenvalue weighted by Gasteiger charge is -2.27. The summed E-state index contributed by atoms with van der Waals surface area (Å²) >= 11 is 0. The van der Waals surface area contributed by atoms with Crippen LogP contribution in [0, 0.1) is 23.1 Å². The fraction of sp³-hybridized carbons (Fsp3) is 0.471. The average molecular weight is 257 g/mol. The van der Waals surface area contributed by atoms with Crippen LogP contribution in [0.25, 0.3) is 0 Å². The largest absolute Gasteiger partial charge is 0.206 e. The van der Waals surface area contributed by atoms with Crippen LogP contribution >= 0.6 is 0 Å². The zero-order valence-corrected chi connectivity index (χ0v) is 11.4. The number of rotatable bonds is 3. The molecule has 1 aromatic rings. The van der Waals surface area contributed by atoms with Crippen LogP contribution in [0.2, 0.25) is 0 Å². The molecule has 0 saturated heterocycles. The summed E-state index contributed by atoms with van der Waals surface area (Å²) < 4.78 is 13.6. The monoisotopic (exact) mass is 257 g/mol. The number of nitriles is 1. The van der Waals surface area contributed by atoms with Crippen molar-refractivity contribution in [3.05, 3.63) is 47.3 Å². The molecular formula is C17H20FN. The van der Waals surface area contributed by atoms with Gasteiger partial charge < -0.3 is 0 Å². The summed E-state index contributed by atoms with van der Waals surface area (Å²) in [5.74, 6) is 0.765. The Kier molecular flexibility index (Phi) is 4.74. The third-order valence-electron chi connectivity index (χ3n) is 4.00. The van der Waals surface area contributed by atoms with Crippen molar-refractivity contribution in [1.29, 1.82) is 5.26 Å². The van der Waals surface area contributed by atoms with Gasteiger partial charge in [0.25, 0.3) is 0 Å². The van der Waals surface area contributed by atoms with E-state index in [1.807, 2.05) is 12.1 Å². The van der Waals surface area contributed by atoms with E-state index in [2.05, 4.69) is 19.1 Å². The zero-order valence-electron chi connectivity index (χ0n) is 11.4. The predicted molar refractivity (Wildman–Crippen MR) is 75.2 cm³/mol. The second-order valence-electron chi connectivity index (χ2n) is 5.30. The van der Waals surface area contributed by atoms with Crippen molar-refractivity contribution in [3.8, 4) is 6.07 Å².